The fourth-order valence-electron chi connectivity index (χ4n) is 1.70. The first-order valence-corrected chi connectivity index (χ1v) is 7.95. The van der Waals surface area contributed by atoms with Crippen molar-refractivity contribution in [1.29, 1.82) is 0 Å². The van der Waals surface area contributed by atoms with Crippen molar-refractivity contribution in [3.63, 3.8) is 0 Å². The summed E-state index contributed by atoms with van der Waals surface area (Å²) in [7, 11) is 0. The average Bonchev–Trinajstić information content (AvgIpc) is 2.27. The van der Waals surface area contributed by atoms with Crippen LogP contribution in [0, 0.1) is 0 Å². The van der Waals surface area contributed by atoms with Gasteiger partial charge in [0.1, 0.15) is 0 Å². The topological polar surface area (TPSA) is 17.1 Å². The van der Waals surface area contributed by atoms with Crippen LogP contribution >= 0.6 is 11.8 Å². The lowest BCUT2D eigenvalue weighted by Crippen LogP contribution is -1.92. The third kappa shape index (κ3) is 12.1. The number of hydrogen-bond acceptors (Lipinski definition) is 2. The van der Waals surface area contributed by atoms with E-state index in [9.17, 15) is 4.79 Å². The van der Waals surface area contributed by atoms with Crippen LogP contribution in [-0.4, -0.2) is 10.9 Å². The minimum absolute atomic E-state index is 0.380. The van der Waals surface area contributed by atoms with Crippen molar-refractivity contribution >= 4 is 16.9 Å². The largest absolute Gasteiger partial charge is 0.287 e. The Morgan fingerprint density at radius 1 is 0.812 bits per heavy atom. The number of unbranched alkanes of at least 4 members (excludes halogenated alkanes) is 7. The molecule has 1 nitrogen and oxygen atoms in total. The molecule has 16 heavy (non-hydrogen) atoms. The highest BCUT2D eigenvalue weighted by Crippen LogP contribution is 2.13. The molecule has 0 atom stereocenters. The second kappa shape index (κ2) is 13.1. The highest BCUT2D eigenvalue weighted by Gasteiger charge is 1.99. The van der Waals surface area contributed by atoms with Gasteiger partial charge in [0, 0.05) is 12.2 Å². The molecule has 96 valence electrons. The van der Waals surface area contributed by atoms with E-state index in [-0.39, 0.29) is 0 Å². The molecule has 0 spiro atoms. The van der Waals surface area contributed by atoms with E-state index >= 15 is 0 Å². The zero-order valence-electron chi connectivity index (χ0n) is 11.1. The Morgan fingerprint density at radius 2 is 1.38 bits per heavy atom. The van der Waals surface area contributed by atoms with E-state index in [0.29, 0.717) is 5.12 Å². The minimum Gasteiger partial charge on any atom is -0.287 e. The second-order valence-electron chi connectivity index (χ2n) is 4.45. The van der Waals surface area contributed by atoms with Gasteiger partial charge in [-0.2, -0.15) is 0 Å². The van der Waals surface area contributed by atoms with Gasteiger partial charge in [-0.15, -0.1) is 0 Å². The number of hydrogen-bond donors (Lipinski definition) is 0. The van der Waals surface area contributed by atoms with Gasteiger partial charge in [0.2, 0.25) is 0 Å². The van der Waals surface area contributed by atoms with E-state index in [1.165, 1.54) is 63.1 Å². The molecule has 0 heterocycles. The van der Waals surface area contributed by atoms with Crippen molar-refractivity contribution < 1.29 is 4.79 Å². The maximum absolute atomic E-state index is 11.2. The minimum atomic E-state index is 0.380. The smallest absolute Gasteiger partial charge is 0.188 e. The molecule has 0 aromatic rings. The number of carbonyl (C=O) groups excluding carboxylic acids is 1. The van der Waals surface area contributed by atoms with E-state index in [0.717, 1.165) is 18.6 Å². The number of carbonyl (C=O) groups is 1. The standard InChI is InChI=1S/C14H28OS/c1-3-5-6-7-8-9-10-11-13-16-14(15)12-4-2/h3-13H2,1-2H3. The van der Waals surface area contributed by atoms with Gasteiger partial charge in [0.05, 0.1) is 0 Å². The van der Waals surface area contributed by atoms with Crippen molar-refractivity contribution in [3.8, 4) is 0 Å². The molecule has 0 radical (unpaired) electrons. The molecule has 0 fully saturated rings. The Bertz CT molecular complexity index is 157. The summed E-state index contributed by atoms with van der Waals surface area (Å²) in [4.78, 5) is 11.2. The molecule has 0 aromatic heterocycles. The lowest BCUT2D eigenvalue weighted by atomic mass is 10.1. The Hall–Kier alpha value is 0.0200. The molecule has 0 aliphatic rings. The normalized spacial score (nSPS) is 10.6. The number of rotatable bonds is 11. The Balaban J connectivity index is 3.01. The van der Waals surface area contributed by atoms with E-state index in [1.54, 1.807) is 0 Å². The van der Waals surface area contributed by atoms with Crippen molar-refractivity contribution in [2.24, 2.45) is 0 Å². The van der Waals surface area contributed by atoms with Crippen LogP contribution in [0.2, 0.25) is 0 Å². The molecule has 0 bridgehead atoms. The molecule has 0 aliphatic heterocycles. The molecule has 2 heteroatoms. The second-order valence-corrected chi connectivity index (χ2v) is 5.60. The molecule has 0 saturated heterocycles. The van der Waals surface area contributed by atoms with E-state index < -0.39 is 0 Å². The van der Waals surface area contributed by atoms with Crippen molar-refractivity contribution in [3.05, 3.63) is 0 Å². The molecule has 0 aliphatic carbocycles. The lowest BCUT2D eigenvalue weighted by molar-refractivity contribution is -0.111. The maximum atomic E-state index is 11.2. The summed E-state index contributed by atoms with van der Waals surface area (Å²) in [6, 6.07) is 0. The van der Waals surface area contributed by atoms with Gasteiger partial charge in [-0.05, 0) is 12.8 Å². The van der Waals surface area contributed by atoms with Gasteiger partial charge in [0.25, 0.3) is 0 Å². The molecule has 0 rings (SSSR count). The van der Waals surface area contributed by atoms with Crippen LogP contribution in [0.3, 0.4) is 0 Å². The van der Waals surface area contributed by atoms with Crippen LogP contribution in [0.1, 0.15) is 78.1 Å². The summed E-state index contributed by atoms with van der Waals surface area (Å²) in [5.41, 5.74) is 0. The zero-order chi connectivity index (χ0) is 12.1. The van der Waals surface area contributed by atoms with Crippen molar-refractivity contribution in [2.75, 3.05) is 5.75 Å². The van der Waals surface area contributed by atoms with Gasteiger partial charge < -0.3 is 0 Å². The Kier molecular flexibility index (Phi) is 13.1. The lowest BCUT2D eigenvalue weighted by Gasteiger charge is -2.01. The average molecular weight is 244 g/mol. The molecule has 0 N–H and O–H groups in total. The molecular weight excluding hydrogens is 216 g/mol. The van der Waals surface area contributed by atoms with Crippen LogP contribution in [0.5, 0.6) is 0 Å². The van der Waals surface area contributed by atoms with Gasteiger partial charge in [-0.1, -0.05) is 70.6 Å². The summed E-state index contributed by atoms with van der Waals surface area (Å²) in [5, 5.41) is 0.380. The first kappa shape index (κ1) is 16.0. The first-order valence-electron chi connectivity index (χ1n) is 6.96. The van der Waals surface area contributed by atoms with Crippen LogP contribution in [0.25, 0.3) is 0 Å². The third-order valence-electron chi connectivity index (χ3n) is 2.72. The van der Waals surface area contributed by atoms with Gasteiger partial charge in [-0.3, -0.25) is 4.79 Å². The SMILES string of the molecule is CCCCCCCCCCSC(=O)CCC. The highest BCUT2D eigenvalue weighted by atomic mass is 32.2. The van der Waals surface area contributed by atoms with E-state index in [4.69, 9.17) is 0 Å². The predicted octanol–water partition coefficient (Wildman–Crippen LogP) is 5.19. The van der Waals surface area contributed by atoms with Crippen molar-refractivity contribution in [1.82, 2.24) is 0 Å². The maximum Gasteiger partial charge on any atom is 0.188 e. The summed E-state index contributed by atoms with van der Waals surface area (Å²) in [6.07, 6.45) is 12.5. The Morgan fingerprint density at radius 3 is 1.94 bits per heavy atom. The highest BCUT2D eigenvalue weighted by molar-refractivity contribution is 8.13. The predicted molar refractivity (Wildman–Crippen MR) is 75.0 cm³/mol. The van der Waals surface area contributed by atoms with E-state index in [1.807, 2.05) is 0 Å². The fraction of sp³-hybridized carbons (Fsp3) is 0.929. The molecular formula is C14H28OS. The third-order valence-corrected chi connectivity index (χ3v) is 3.73. The van der Waals surface area contributed by atoms with E-state index in [2.05, 4.69) is 13.8 Å². The van der Waals surface area contributed by atoms with Crippen LogP contribution in [-0.2, 0) is 4.79 Å². The molecule has 0 saturated carbocycles. The van der Waals surface area contributed by atoms with Crippen molar-refractivity contribution in [2.45, 2.75) is 78.1 Å². The fourth-order valence-corrected chi connectivity index (χ4v) is 2.62. The summed E-state index contributed by atoms with van der Waals surface area (Å²) in [6.45, 7) is 4.32. The molecule has 0 amide bonds. The zero-order valence-corrected chi connectivity index (χ0v) is 11.9. The molecule has 0 unspecified atom stereocenters. The quantitative estimate of drug-likeness (QED) is 0.465. The van der Waals surface area contributed by atoms with Gasteiger partial charge >= 0.3 is 0 Å². The molecule has 0 aromatic carbocycles. The summed E-state index contributed by atoms with van der Waals surface area (Å²) >= 11 is 1.53. The first-order chi connectivity index (χ1) is 7.81. The number of thioether (sulfide) groups is 1. The van der Waals surface area contributed by atoms with Crippen LogP contribution in [0.4, 0.5) is 0 Å². The summed E-state index contributed by atoms with van der Waals surface area (Å²) in [5.74, 6) is 1.04. The monoisotopic (exact) mass is 244 g/mol. The Labute approximate surface area is 106 Å². The van der Waals surface area contributed by atoms with Gasteiger partial charge in [-0.25, -0.2) is 0 Å². The summed E-state index contributed by atoms with van der Waals surface area (Å²) < 4.78 is 0. The van der Waals surface area contributed by atoms with Crippen LogP contribution in [0.15, 0.2) is 0 Å². The van der Waals surface area contributed by atoms with Gasteiger partial charge in [0.15, 0.2) is 5.12 Å². The van der Waals surface area contributed by atoms with Crippen LogP contribution < -0.4 is 0 Å².